The van der Waals surface area contributed by atoms with Crippen LogP contribution in [-0.2, 0) is 4.79 Å². The van der Waals surface area contributed by atoms with Crippen LogP contribution in [-0.4, -0.2) is 29.5 Å². The molecule has 2 aromatic rings. The zero-order valence-corrected chi connectivity index (χ0v) is 8.80. The number of amides is 1. The molecule has 0 saturated carbocycles. The number of pyridine rings is 1. The first-order valence-corrected chi connectivity index (χ1v) is 5.08. The van der Waals surface area contributed by atoms with Crippen molar-refractivity contribution in [2.24, 2.45) is 0 Å². The number of aromatic nitrogens is 2. The monoisotopic (exact) mass is 222 g/mol. The molecule has 0 unspecified atom stereocenters. The Bertz CT molecular complexity index is 483. The van der Waals surface area contributed by atoms with Gasteiger partial charge in [0.25, 0.3) is 5.91 Å². The van der Waals surface area contributed by atoms with Crippen molar-refractivity contribution in [2.75, 3.05) is 13.7 Å². The topological polar surface area (TPSA) is 64.1 Å². The van der Waals surface area contributed by atoms with Crippen molar-refractivity contribution in [2.45, 2.75) is 0 Å². The molecule has 6 heteroatoms. The summed E-state index contributed by atoms with van der Waals surface area (Å²) in [5.41, 5.74) is 3.52. The third-order valence-electron chi connectivity index (χ3n) is 1.75. The summed E-state index contributed by atoms with van der Waals surface area (Å²) in [5, 5.41) is 2.46. The van der Waals surface area contributed by atoms with Crippen LogP contribution in [0.15, 0.2) is 12.1 Å². The summed E-state index contributed by atoms with van der Waals surface area (Å²) in [4.78, 5) is 19.8. The minimum atomic E-state index is -0.187. The molecule has 15 heavy (non-hydrogen) atoms. The number of rotatable bonds is 3. The lowest BCUT2D eigenvalue weighted by molar-refractivity contribution is -0.122. The minimum Gasteiger partial charge on any atom is -0.468 e. The van der Waals surface area contributed by atoms with Gasteiger partial charge in [-0.2, -0.15) is 0 Å². The van der Waals surface area contributed by atoms with E-state index in [4.69, 9.17) is 4.74 Å². The van der Waals surface area contributed by atoms with E-state index in [-0.39, 0.29) is 12.5 Å². The Labute approximate surface area is 90.1 Å². The van der Waals surface area contributed by atoms with Gasteiger partial charge in [0, 0.05) is 13.1 Å². The highest BCUT2D eigenvalue weighted by molar-refractivity contribution is 7.15. The standard InChI is InChI=1S/C9H8N3O2S/c1-10-7(13)4-14-8-3-2-6-9(12-8)15-5-11-6/h2-3H,4H2,1H3,(H,10,13). The molecule has 0 aliphatic carbocycles. The van der Waals surface area contributed by atoms with Gasteiger partial charge in [0.15, 0.2) is 12.1 Å². The van der Waals surface area contributed by atoms with Crippen LogP contribution in [0.4, 0.5) is 0 Å². The number of carbonyl (C=O) groups excluding carboxylic acids is 1. The van der Waals surface area contributed by atoms with E-state index in [0.29, 0.717) is 5.88 Å². The van der Waals surface area contributed by atoms with E-state index < -0.39 is 0 Å². The van der Waals surface area contributed by atoms with Crippen LogP contribution < -0.4 is 10.1 Å². The average Bonchev–Trinajstić information content (AvgIpc) is 2.72. The van der Waals surface area contributed by atoms with Gasteiger partial charge in [0.2, 0.25) is 5.88 Å². The number of fused-ring (bicyclic) bond motifs is 1. The highest BCUT2D eigenvalue weighted by Crippen LogP contribution is 2.18. The van der Waals surface area contributed by atoms with Crippen LogP contribution in [0.1, 0.15) is 0 Å². The molecule has 0 spiro atoms. The van der Waals surface area contributed by atoms with Crippen molar-refractivity contribution in [3.05, 3.63) is 17.6 Å². The molecule has 2 rings (SSSR count). The highest BCUT2D eigenvalue weighted by Gasteiger charge is 2.03. The van der Waals surface area contributed by atoms with Gasteiger partial charge in [-0.3, -0.25) is 4.79 Å². The van der Waals surface area contributed by atoms with E-state index in [0.717, 1.165) is 10.3 Å². The fourth-order valence-electron chi connectivity index (χ4n) is 0.984. The normalized spacial score (nSPS) is 10.2. The first-order chi connectivity index (χ1) is 7.29. The van der Waals surface area contributed by atoms with E-state index in [1.807, 2.05) is 0 Å². The Kier molecular flexibility index (Phi) is 2.77. The SMILES string of the molecule is CNC(=O)COc1ccc2n[c]sc2n1. The predicted octanol–water partition coefficient (Wildman–Crippen LogP) is 0.616. The van der Waals surface area contributed by atoms with Crippen LogP contribution in [0.25, 0.3) is 10.3 Å². The van der Waals surface area contributed by atoms with Crippen LogP contribution in [0.3, 0.4) is 0 Å². The van der Waals surface area contributed by atoms with E-state index in [9.17, 15) is 4.79 Å². The molecule has 0 aliphatic heterocycles. The van der Waals surface area contributed by atoms with Crippen LogP contribution in [0.5, 0.6) is 5.88 Å². The van der Waals surface area contributed by atoms with Crippen molar-refractivity contribution in [1.82, 2.24) is 15.3 Å². The van der Waals surface area contributed by atoms with Crippen molar-refractivity contribution in [3.8, 4) is 5.88 Å². The molecule has 0 aromatic carbocycles. The smallest absolute Gasteiger partial charge is 0.257 e. The number of nitrogens with zero attached hydrogens (tertiary/aromatic N) is 2. The van der Waals surface area contributed by atoms with Crippen LogP contribution in [0.2, 0.25) is 0 Å². The van der Waals surface area contributed by atoms with Gasteiger partial charge in [-0.05, 0) is 6.07 Å². The maximum atomic E-state index is 10.9. The summed E-state index contributed by atoms with van der Waals surface area (Å²) < 4.78 is 5.18. The lowest BCUT2D eigenvalue weighted by Crippen LogP contribution is -2.25. The van der Waals surface area contributed by atoms with Gasteiger partial charge < -0.3 is 10.1 Å². The lowest BCUT2D eigenvalue weighted by Gasteiger charge is -2.03. The first kappa shape index (κ1) is 9.85. The summed E-state index contributed by atoms with van der Waals surface area (Å²) in [5.74, 6) is 0.233. The van der Waals surface area contributed by atoms with E-state index >= 15 is 0 Å². The van der Waals surface area contributed by atoms with Gasteiger partial charge in [-0.15, -0.1) is 0 Å². The van der Waals surface area contributed by atoms with E-state index in [2.05, 4.69) is 20.8 Å². The molecule has 0 atom stereocenters. The van der Waals surface area contributed by atoms with Crippen molar-refractivity contribution >= 4 is 27.6 Å². The molecule has 1 radical (unpaired) electrons. The Balaban J connectivity index is 2.11. The molecule has 0 fully saturated rings. The first-order valence-electron chi connectivity index (χ1n) is 4.26. The summed E-state index contributed by atoms with van der Waals surface area (Å²) in [6.07, 6.45) is 0. The number of ether oxygens (including phenoxy) is 1. The molecule has 2 aromatic heterocycles. The molecular formula is C9H8N3O2S. The third-order valence-corrected chi connectivity index (χ3v) is 2.43. The number of thiazole rings is 1. The zero-order chi connectivity index (χ0) is 10.7. The molecule has 5 nitrogen and oxygen atoms in total. The van der Waals surface area contributed by atoms with Crippen molar-refractivity contribution in [3.63, 3.8) is 0 Å². The molecule has 77 valence electrons. The second kappa shape index (κ2) is 4.22. The number of hydrogen-bond donors (Lipinski definition) is 1. The Hall–Kier alpha value is -1.69. The van der Waals surface area contributed by atoms with E-state index in [1.54, 1.807) is 19.2 Å². The number of carbonyl (C=O) groups is 1. The second-order valence-electron chi connectivity index (χ2n) is 2.74. The fraction of sp³-hybridized carbons (Fsp3) is 0.222. The van der Waals surface area contributed by atoms with Crippen molar-refractivity contribution in [1.29, 1.82) is 0 Å². The summed E-state index contributed by atoms with van der Waals surface area (Å²) in [7, 11) is 1.56. The molecule has 0 aliphatic rings. The molecular weight excluding hydrogens is 214 g/mol. The summed E-state index contributed by atoms with van der Waals surface area (Å²) >= 11 is 1.31. The quantitative estimate of drug-likeness (QED) is 0.826. The highest BCUT2D eigenvalue weighted by atomic mass is 32.1. The van der Waals surface area contributed by atoms with Gasteiger partial charge in [-0.1, -0.05) is 11.3 Å². The number of nitrogens with one attached hydrogen (secondary N) is 1. The Morgan fingerprint density at radius 1 is 1.67 bits per heavy atom. The Morgan fingerprint density at radius 2 is 2.53 bits per heavy atom. The summed E-state index contributed by atoms with van der Waals surface area (Å²) in [6.45, 7) is -0.0302. The number of hydrogen-bond acceptors (Lipinski definition) is 5. The van der Waals surface area contributed by atoms with Gasteiger partial charge in [-0.25, -0.2) is 9.97 Å². The molecule has 1 N–H and O–H groups in total. The van der Waals surface area contributed by atoms with Gasteiger partial charge in [0.05, 0.1) is 0 Å². The fourth-order valence-corrected chi connectivity index (χ4v) is 1.57. The van der Waals surface area contributed by atoms with Gasteiger partial charge >= 0.3 is 0 Å². The van der Waals surface area contributed by atoms with Gasteiger partial charge in [0.1, 0.15) is 10.3 Å². The van der Waals surface area contributed by atoms with Crippen molar-refractivity contribution < 1.29 is 9.53 Å². The maximum absolute atomic E-state index is 10.9. The number of likely N-dealkylation sites (N-methyl/N-ethyl adjacent to an activating group) is 1. The second-order valence-corrected chi connectivity index (χ2v) is 3.51. The third kappa shape index (κ3) is 2.21. The Morgan fingerprint density at radius 3 is 3.33 bits per heavy atom. The van der Waals surface area contributed by atoms with Crippen LogP contribution in [0, 0.1) is 5.51 Å². The summed E-state index contributed by atoms with van der Waals surface area (Å²) in [6, 6.07) is 3.47. The predicted molar refractivity (Wildman–Crippen MR) is 55.8 cm³/mol. The average molecular weight is 222 g/mol. The lowest BCUT2D eigenvalue weighted by atomic mass is 10.4. The maximum Gasteiger partial charge on any atom is 0.257 e. The van der Waals surface area contributed by atoms with Crippen LogP contribution >= 0.6 is 11.3 Å². The molecule has 0 saturated heterocycles. The zero-order valence-electron chi connectivity index (χ0n) is 7.98. The molecule has 2 heterocycles. The minimum absolute atomic E-state index is 0.0302. The van der Waals surface area contributed by atoms with E-state index in [1.165, 1.54) is 11.3 Å². The largest absolute Gasteiger partial charge is 0.468 e. The molecule has 0 bridgehead atoms. The molecule has 1 amide bonds.